The summed E-state index contributed by atoms with van der Waals surface area (Å²) < 4.78 is 0. The van der Waals surface area contributed by atoms with Crippen LogP contribution in [0.3, 0.4) is 0 Å². The van der Waals surface area contributed by atoms with Crippen molar-refractivity contribution in [2.75, 3.05) is 0 Å². The van der Waals surface area contributed by atoms with E-state index in [9.17, 15) is 29.4 Å². The molecule has 2 aliphatic carbocycles. The molecule has 4 rings (SSSR count). The van der Waals surface area contributed by atoms with E-state index in [0.717, 1.165) is 6.08 Å². The first-order chi connectivity index (χ1) is 11.3. The van der Waals surface area contributed by atoms with Crippen molar-refractivity contribution in [3.63, 3.8) is 0 Å². The summed E-state index contributed by atoms with van der Waals surface area (Å²) in [6, 6.07) is 0. The Hall–Kier alpha value is 1.00. The second kappa shape index (κ2) is 12.1. The number of carbonyl (C=O) groups is 4. The van der Waals surface area contributed by atoms with Gasteiger partial charge in [-0.15, -0.1) is 0 Å². The summed E-state index contributed by atoms with van der Waals surface area (Å²) in [6.45, 7) is 0. The van der Waals surface area contributed by atoms with Crippen molar-refractivity contribution in [3.05, 3.63) is 47.1 Å². The molecule has 2 N–H and O–H groups in total. The zero-order valence-corrected chi connectivity index (χ0v) is 26.0. The number of rotatable bonds is 0. The molecule has 0 aromatic carbocycles. The van der Waals surface area contributed by atoms with E-state index in [-0.39, 0.29) is 132 Å². The van der Waals surface area contributed by atoms with Crippen LogP contribution in [0.1, 0.15) is 12.8 Å². The van der Waals surface area contributed by atoms with Crippen LogP contribution in [-0.2, 0) is 127 Å². The van der Waals surface area contributed by atoms with E-state index in [1.807, 2.05) is 0 Å². The molecule has 0 aromatic rings. The fraction of sp³-hybridized carbons (Fsp3) is 0.375. The van der Waals surface area contributed by atoms with E-state index in [4.69, 9.17) is 0 Å². The Kier molecular flexibility index (Phi) is 13.5. The summed E-state index contributed by atoms with van der Waals surface area (Å²) in [5, 5.41) is 26.1. The number of carbonyl (C=O) groups excluding carboxylic acids is 4. The molecule has 0 saturated carbocycles. The van der Waals surface area contributed by atoms with Crippen LogP contribution in [0.25, 0.3) is 10.6 Å². The number of hydrogen-bond donors (Lipinski definition) is 2. The van der Waals surface area contributed by atoms with Gasteiger partial charge in [0.2, 0.25) is 0 Å². The number of ketones is 2. The summed E-state index contributed by atoms with van der Waals surface area (Å²) >= 11 is 0. The summed E-state index contributed by atoms with van der Waals surface area (Å²) in [5.74, 6) is -0.989. The number of amides is 2. The zero-order chi connectivity index (χ0) is 17.5. The quantitative estimate of drug-likeness (QED) is 0.319. The van der Waals surface area contributed by atoms with Gasteiger partial charge in [-0.2, -0.15) is 0 Å². The summed E-state index contributed by atoms with van der Waals surface area (Å²) in [7, 11) is 0. The fourth-order valence-corrected chi connectivity index (χ4v) is 2.80. The van der Waals surface area contributed by atoms with Crippen molar-refractivity contribution < 1.29 is 137 Å². The van der Waals surface area contributed by atoms with Crippen LogP contribution in [0, 0.1) is 0 Å². The molecule has 2 aliphatic heterocycles. The van der Waals surface area contributed by atoms with E-state index >= 15 is 0 Å². The molecule has 28 heavy (non-hydrogen) atoms. The first kappa shape index (κ1) is 31.2. The maximum Gasteiger partial charge on any atom is 0.186 e. The van der Waals surface area contributed by atoms with Gasteiger partial charge in [0.05, 0.1) is 17.9 Å². The Morgan fingerprint density at radius 2 is 1.29 bits per heavy atom. The van der Waals surface area contributed by atoms with Crippen LogP contribution in [0.4, 0.5) is 0 Å². The second-order valence-electron chi connectivity index (χ2n) is 6.04. The van der Waals surface area contributed by atoms with Gasteiger partial charge in [0.1, 0.15) is 6.10 Å². The smallest absolute Gasteiger partial charge is 0.186 e. The van der Waals surface area contributed by atoms with Crippen molar-refractivity contribution in [1.29, 1.82) is 0 Å². The zero-order valence-electron chi connectivity index (χ0n) is 14.4. The van der Waals surface area contributed by atoms with E-state index in [2.05, 4.69) is 10.6 Å². The van der Waals surface area contributed by atoms with Crippen LogP contribution in [0.2, 0.25) is 0 Å². The normalized spacial score (nSPS) is 29.9. The Morgan fingerprint density at radius 3 is 1.71 bits per heavy atom. The Labute approximate surface area is 240 Å². The van der Waals surface area contributed by atoms with Gasteiger partial charge in [-0.05, 0) is 36.6 Å². The van der Waals surface area contributed by atoms with Crippen molar-refractivity contribution >= 4 is 23.4 Å². The Morgan fingerprint density at radius 1 is 0.821 bits per heavy atom. The van der Waals surface area contributed by atoms with Gasteiger partial charge in [-0.25, -0.2) is 0 Å². The maximum atomic E-state index is 10.9. The molecule has 0 bridgehead atoms. The standard InChI is InChI=1S/C8H9NO4.C8H7NO2.2W.2Y/c10-4-1-2-8(3-5(11)9-8)7(13)6(4)12;10-6-1-3-8(4-2-6)5-7(11)9-8;;;;/h1-2,6-7,12-13H,3H2,(H,9,11);1-4H,5H2,(H,9,11);;;;/p-2/t6-,7-,8?;;;;;/m1...../s1. The Balaban J connectivity index is 0. The van der Waals surface area contributed by atoms with Crippen molar-refractivity contribution in [1.82, 2.24) is 0 Å². The SMILES string of the molecule is O=C1C=CC2(C=C1)CC(=O)[N-]2.O=C1CC2(C=CC(=O)[C@@H](O)[C@H]2O)[N-]1.[W].[W].[Y].[Y]. The number of nitrogens with zero attached hydrogens (tertiary/aromatic N) is 2. The first-order valence-electron chi connectivity index (χ1n) is 7.28. The van der Waals surface area contributed by atoms with Gasteiger partial charge in [0.15, 0.2) is 11.6 Å². The van der Waals surface area contributed by atoms with Crippen LogP contribution in [-0.4, -0.2) is 56.9 Å². The minimum Gasteiger partial charge on any atom is -0.642 e. The minimum atomic E-state index is -1.46. The molecule has 144 valence electrons. The fourth-order valence-electron chi connectivity index (χ4n) is 2.80. The number of aliphatic hydroxyl groups is 2. The average molecular weight is 876 g/mol. The van der Waals surface area contributed by atoms with Crippen molar-refractivity contribution in [2.45, 2.75) is 36.1 Å². The topological polar surface area (TPSA) is 137 Å². The molecular formula is C16H14N2O6W2Y2-2. The van der Waals surface area contributed by atoms with Gasteiger partial charge >= 0.3 is 0 Å². The number of hydrogen-bond acceptors (Lipinski definition) is 6. The van der Waals surface area contributed by atoms with Gasteiger partial charge in [-0.1, -0.05) is 23.8 Å². The van der Waals surface area contributed by atoms with Crippen LogP contribution < -0.4 is 0 Å². The second-order valence-corrected chi connectivity index (χ2v) is 6.04. The van der Waals surface area contributed by atoms with Gasteiger partial charge < -0.3 is 30.4 Å². The number of aliphatic hydroxyl groups excluding tert-OH is 2. The predicted octanol–water partition coefficient (Wildman–Crippen LogP) is -0.396. The summed E-state index contributed by atoms with van der Waals surface area (Å²) in [6.07, 6.45) is 6.54. The van der Waals surface area contributed by atoms with E-state index in [1.165, 1.54) is 18.2 Å². The van der Waals surface area contributed by atoms with Crippen LogP contribution >= 0.6 is 0 Å². The minimum absolute atomic E-state index is 0. The molecule has 2 heterocycles. The van der Waals surface area contributed by atoms with Crippen LogP contribution in [0.5, 0.6) is 0 Å². The van der Waals surface area contributed by atoms with E-state index < -0.39 is 29.1 Å². The molecule has 3 atom stereocenters. The van der Waals surface area contributed by atoms with Gasteiger partial charge in [-0.3, -0.25) is 9.59 Å². The summed E-state index contributed by atoms with van der Waals surface area (Å²) in [5.41, 5.74) is -1.49. The maximum absolute atomic E-state index is 10.9. The largest absolute Gasteiger partial charge is 0.642 e. The number of β-lactam (4-membered cyclic amide) rings is 2. The molecule has 2 radical (unpaired) electrons. The van der Waals surface area contributed by atoms with Crippen LogP contribution in [0.15, 0.2) is 36.5 Å². The third kappa shape index (κ3) is 6.50. The molecule has 2 saturated heterocycles. The molecule has 12 heteroatoms. The molecule has 8 nitrogen and oxygen atoms in total. The molecular weight excluding hydrogens is 862 g/mol. The molecule has 1 unspecified atom stereocenters. The molecule has 2 fully saturated rings. The van der Waals surface area contributed by atoms with Gasteiger partial charge in [0.25, 0.3) is 0 Å². The van der Waals surface area contributed by atoms with E-state index in [1.54, 1.807) is 12.2 Å². The molecule has 2 amide bonds. The third-order valence-corrected chi connectivity index (χ3v) is 4.25. The summed E-state index contributed by atoms with van der Waals surface area (Å²) in [4.78, 5) is 42.7. The molecule has 2 spiro atoms. The van der Waals surface area contributed by atoms with Gasteiger partial charge in [0, 0.05) is 108 Å². The molecule has 4 aliphatic rings. The van der Waals surface area contributed by atoms with Crippen molar-refractivity contribution in [3.8, 4) is 0 Å². The monoisotopic (exact) mass is 876 g/mol. The predicted molar refractivity (Wildman–Crippen MR) is 80.9 cm³/mol. The average Bonchev–Trinajstić information content (AvgIpc) is 2.49. The van der Waals surface area contributed by atoms with Crippen molar-refractivity contribution in [2.24, 2.45) is 0 Å². The number of allylic oxidation sites excluding steroid dienone is 2. The third-order valence-electron chi connectivity index (χ3n) is 4.25. The first-order valence-corrected chi connectivity index (χ1v) is 7.28. The molecule has 0 aromatic heterocycles. The Bertz CT molecular complexity index is 707. The van der Waals surface area contributed by atoms with E-state index in [0.29, 0.717) is 6.42 Å².